The van der Waals surface area contributed by atoms with Crippen molar-refractivity contribution in [2.24, 2.45) is 17.4 Å². The molecular formula is C28H40N4O6. The number of nitrogens with zero attached hydrogens (tertiary/aromatic N) is 2. The molecule has 0 saturated heterocycles. The van der Waals surface area contributed by atoms with Crippen molar-refractivity contribution in [3.63, 3.8) is 0 Å². The van der Waals surface area contributed by atoms with Crippen molar-refractivity contribution in [1.82, 2.24) is 9.80 Å². The number of benzene rings is 1. The predicted molar refractivity (Wildman–Crippen MR) is 143 cm³/mol. The number of carboxylic acids is 1. The summed E-state index contributed by atoms with van der Waals surface area (Å²) in [6, 6.07) is 7.79. The van der Waals surface area contributed by atoms with Gasteiger partial charge in [-0.25, -0.2) is 4.79 Å². The van der Waals surface area contributed by atoms with E-state index in [0.717, 1.165) is 5.56 Å². The first-order valence-corrected chi connectivity index (χ1v) is 12.5. The minimum absolute atomic E-state index is 0.0116. The Morgan fingerprint density at radius 1 is 0.974 bits per heavy atom. The zero-order valence-corrected chi connectivity index (χ0v) is 23.2. The van der Waals surface area contributed by atoms with Gasteiger partial charge in [-0.15, -0.1) is 0 Å². The van der Waals surface area contributed by atoms with Crippen LogP contribution in [-0.4, -0.2) is 70.8 Å². The first-order chi connectivity index (χ1) is 17.6. The molecule has 2 unspecified atom stereocenters. The first kappa shape index (κ1) is 30.6. The van der Waals surface area contributed by atoms with Gasteiger partial charge in [0.2, 0.25) is 17.7 Å². The van der Waals surface area contributed by atoms with Crippen LogP contribution in [0.5, 0.6) is 0 Å². The van der Waals surface area contributed by atoms with E-state index in [1.54, 1.807) is 13.8 Å². The molecule has 0 aliphatic rings. The lowest BCUT2D eigenvalue weighted by Crippen LogP contribution is -2.58. The van der Waals surface area contributed by atoms with Crippen LogP contribution in [-0.2, 0) is 32.6 Å². The lowest BCUT2D eigenvalue weighted by atomic mass is 9.90. The summed E-state index contributed by atoms with van der Waals surface area (Å²) in [5.74, 6) is -2.67. The fraction of sp³-hybridized carbons (Fsp3) is 0.500. The van der Waals surface area contributed by atoms with Gasteiger partial charge < -0.3 is 30.8 Å². The number of carbonyl (C=O) groups is 4. The topological polar surface area (TPSA) is 160 Å². The fourth-order valence-electron chi connectivity index (χ4n) is 4.49. The second-order valence-electron chi connectivity index (χ2n) is 11.0. The molecule has 0 bridgehead atoms. The van der Waals surface area contributed by atoms with Crippen LogP contribution < -0.4 is 11.5 Å². The Balaban J connectivity index is 2.29. The van der Waals surface area contributed by atoms with Gasteiger partial charge in [-0.05, 0) is 24.0 Å². The Kier molecular flexibility index (Phi) is 9.86. The summed E-state index contributed by atoms with van der Waals surface area (Å²) in [5, 5.41) is 9.60. The molecule has 1 heterocycles. The van der Waals surface area contributed by atoms with Crippen LogP contribution in [0.4, 0.5) is 0 Å². The molecule has 0 aliphatic carbocycles. The van der Waals surface area contributed by atoms with Crippen molar-refractivity contribution in [3.05, 3.63) is 59.0 Å². The lowest BCUT2D eigenvalue weighted by molar-refractivity contribution is -0.149. The van der Waals surface area contributed by atoms with Crippen LogP contribution in [0.1, 0.15) is 62.1 Å². The van der Waals surface area contributed by atoms with Crippen LogP contribution in [0.2, 0.25) is 0 Å². The van der Waals surface area contributed by atoms with E-state index in [0.29, 0.717) is 6.42 Å². The molecular weight excluding hydrogens is 488 g/mol. The average Bonchev–Trinajstić information content (AvgIpc) is 3.27. The van der Waals surface area contributed by atoms with Crippen molar-refractivity contribution in [1.29, 1.82) is 0 Å². The Bertz CT molecular complexity index is 1150. The van der Waals surface area contributed by atoms with E-state index in [2.05, 4.69) is 0 Å². The predicted octanol–water partition coefficient (Wildman–Crippen LogP) is 2.18. The summed E-state index contributed by atoms with van der Waals surface area (Å²) in [5.41, 5.74) is 12.2. The maximum atomic E-state index is 13.6. The minimum atomic E-state index is -1.16. The molecule has 10 heteroatoms. The summed E-state index contributed by atoms with van der Waals surface area (Å²) in [7, 11) is 2.95. The van der Waals surface area contributed by atoms with Gasteiger partial charge in [0.05, 0.1) is 6.04 Å². The summed E-state index contributed by atoms with van der Waals surface area (Å²) < 4.78 is 5.83. The van der Waals surface area contributed by atoms with E-state index in [9.17, 15) is 24.3 Å². The average molecular weight is 529 g/mol. The van der Waals surface area contributed by atoms with E-state index in [1.807, 2.05) is 51.1 Å². The van der Waals surface area contributed by atoms with Gasteiger partial charge in [0.1, 0.15) is 29.2 Å². The third-order valence-corrected chi connectivity index (χ3v) is 6.50. The van der Waals surface area contributed by atoms with E-state index in [4.69, 9.17) is 15.9 Å². The van der Waals surface area contributed by atoms with Crippen LogP contribution in [0.3, 0.4) is 0 Å². The zero-order chi connectivity index (χ0) is 28.9. The summed E-state index contributed by atoms with van der Waals surface area (Å²) in [6.07, 6.45) is 0.188. The van der Waals surface area contributed by atoms with E-state index in [-0.39, 0.29) is 29.4 Å². The summed E-state index contributed by atoms with van der Waals surface area (Å²) in [4.78, 5) is 53.5. The Labute approximate surface area is 223 Å². The SMILES string of the molecule is CC(C)C(C(=O)N(C)C(Cc1cc(C(=O)O)c(C(C)(C)C)o1)C(N)=O)N(C)C(=O)[C@@H](N)Cc1ccccc1. The Morgan fingerprint density at radius 3 is 2.00 bits per heavy atom. The lowest BCUT2D eigenvalue weighted by Gasteiger charge is -2.36. The molecule has 0 spiro atoms. The van der Waals surface area contributed by atoms with Gasteiger partial charge in [-0.2, -0.15) is 0 Å². The molecule has 10 nitrogen and oxygen atoms in total. The largest absolute Gasteiger partial charge is 0.478 e. The molecule has 0 saturated carbocycles. The number of likely N-dealkylation sites (N-methyl/N-ethyl adjacent to an activating group) is 2. The number of amides is 3. The first-order valence-electron chi connectivity index (χ1n) is 12.5. The standard InChI is InChI=1S/C28H40N4O6/c1-16(2)22(32(7)25(34)20(29)13-17-11-9-8-10-12-17)26(35)31(6)21(24(30)33)15-18-14-19(27(36)37)23(38-18)28(3,4)5/h8-12,14,16,20-22H,13,15,29H2,1-7H3,(H2,30,33)(H,36,37)/t20-,21?,22?/m0/s1. The van der Waals surface area contributed by atoms with Crippen LogP contribution in [0.25, 0.3) is 0 Å². The molecule has 1 aromatic heterocycles. The molecule has 3 amide bonds. The maximum Gasteiger partial charge on any atom is 0.339 e. The van der Waals surface area contributed by atoms with Gasteiger partial charge in [-0.3, -0.25) is 14.4 Å². The number of nitrogens with two attached hydrogens (primary N) is 2. The third kappa shape index (κ3) is 7.22. The van der Waals surface area contributed by atoms with Gasteiger partial charge in [0.25, 0.3) is 0 Å². The second-order valence-corrected chi connectivity index (χ2v) is 11.0. The highest BCUT2D eigenvalue weighted by atomic mass is 16.4. The molecule has 208 valence electrons. The number of carboxylic acid groups (broad SMARTS) is 1. The molecule has 3 atom stereocenters. The quantitative estimate of drug-likeness (QED) is 0.403. The number of carbonyl (C=O) groups excluding carboxylic acids is 3. The molecule has 38 heavy (non-hydrogen) atoms. The molecule has 2 aromatic rings. The van der Waals surface area contributed by atoms with E-state index in [1.165, 1.54) is 30.0 Å². The Hall–Kier alpha value is -3.66. The molecule has 0 fully saturated rings. The molecule has 0 aliphatic heterocycles. The number of hydrogen-bond acceptors (Lipinski definition) is 6. The van der Waals surface area contributed by atoms with Gasteiger partial charge in [0, 0.05) is 25.9 Å². The normalized spacial score (nSPS) is 14.0. The highest BCUT2D eigenvalue weighted by molar-refractivity contribution is 5.93. The van der Waals surface area contributed by atoms with Crippen molar-refractivity contribution in [2.75, 3.05) is 14.1 Å². The van der Waals surface area contributed by atoms with Gasteiger partial charge in [0.15, 0.2) is 0 Å². The Morgan fingerprint density at radius 2 is 1.55 bits per heavy atom. The number of primary amides is 1. The number of rotatable bonds is 11. The molecule has 2 rings (SSSR count). The van der Waals surface area contributed by atoms with Crippen molar-refractivity contribution < 1.29 is 28.7 Å². The number of aromatic carboxylic acids is 1. The maximum absolute atomic E-state index is 13.6. The summed E-state index contributed by atoms with van der Waals surface area (Å²) in [6.45, 7) is 9.02. The zero-order valence-electron chi connectivity index (χ0n) is 23.2. The van der Waals surface area contributed by atoms with Crippen LogP contribution in [0.15, 0.2) is 40.8 Å². The van der Waals surface area contributed by atoms with Crippen molar-refractivity contribution in [3.8, 4) is 0 Å². The van der Waals surface area contributed by atoms with Gasteiger partial charge >= 0.3 is 5.97 Å². The molecule has 5 N–H and O–H groups in total. The highest BCUT2D eigenvalue weighted by Crippen LogP contribution is 2.30. The molecule has 1 aromatic carbocycles. The van der Waals surface area contributed by atoms with E-state index < -0.39 is 47.2 Å². The van der Waals surface area contributed by atoms with Crippen molar-refractivity contribution >= 4 is 23.7 Å². The smallest absolute Gasteiger partial charge is 0.339 e. The third-order valence-electron chi connectivity index (χ3n) is 6.50. The summed E-state index contributed by atoms with van der Waals surface area (Å²) >= 11 is 0. The monoisotopic (exact) mass is 528 g/mol. The number of furan rings is 1. The fourth-order valence-corrected chi connectivity index (χ4v) is 4.49. The van der Waals surface area contributed by atoms with Crippen molar-refractivity contribution in [2.45, 2.75) is 71.0 Å². The molecule has 0 radical (unpaired) electrons. The minimum Gasteiger partial charge on any atom is -0.478 e. The highest BCUT2D eigenvalue weighted by Gasteiger charge is 2.38. The second kappa shape index (κ2) is 12.3. The van der Waals surface area contributed by atoms with Crippen LogP contribution >= 0.6 is 0 Å². The van der Waals surface area contributed by atoms with Crippen LogP contribution in [0, 0.1) is 5.92 Å². The van der Waals surface area contributed by atoms with E-state index >= 15 is 0 Å². The van der Waals surface area contributed by atoms with Gasteiger partial charge in [-0.1, -0.05) is 65.0 Å². The number of hydrogen-bond donors (Lipinski definition) is 3.